The van der Waals surface area contributed by atoms with Crippen molar-refractivity contribution in [3.05, 3.63) is 65.7 Å². The summed E-state index contributed by atoms with van der Waals surface area (Å²) in [4.78, 5) is 43.2. The third-order valence-electron chi connectivity index (χ3n) is 5.86. The Morgan fingerprint density at radius 3 is 2.29 bits per heavy atom. The minimum absolute atomic E-state index is 0.0125. The maximum atomic E-state index is 13.2. The van der Waals surface area contributed by atoms with E-state index in [2.05, 4.69) is 10.2 Å². The van der Waals surface area contributed by atoms with E-state index in [0.29, 0.717) is 63.5 Å². The monoisotopic (exact) mass is 420 g/mol. The molecule has 2 fully saturated rings. The maximum absolute atomic E-state index is 13.2. The van der Waals surface area contributed by atoms with Gasteiger partial charge in [0.1, 0.15) is 0 Å². The molecule has 0 atom stereocenters. The molecule has 0 aliphatic carbocycles. The number of rotatable bonds is 6. The van der Waals surface area contributed by atoms with Gasteiger partial charge in [-0.3, -0.25) is 19.3 Å². The third kappa shape index (κ3) is 5.11. The number of piperazine rings is 1. The van der Waals surface area contributed by atoms with Crippen molar-refractivity contribution in [2.24, 2.45) is 0 Å². The van der Waals surface area contributed by atoms with Crippen molar-refractivity contribution in [3.63, 3.8) is 0 Å². The van der Waals surface area contributed by atoms with E-state index in [1.54, 1.807) is 11.0 Å². The SMILES string of the molecule is O=C(CN1CCN(C(=O)c2ccccc2N2CCCC2=O)CC1)NCc1ccccc1. The van der Waals surface area contributed by atoms with E-state index in [9.17, 15) is 14.4 Å². The molecule has 2 aliphatic heterocycles. The molecule has 31 heavy (non-hydrogen) atoms. The Balaban J connectivity index is 1.29. The zero-order chi connectivity index (χ0) is 21.6. The van der Waals surface area contributed by atoms with Gasteiger partial charge in [0, 0.05) is 45.7 Å². The molecular formula is C24H28N4O3. The number of hydrogen-bond donors (Lipinski definition) is 1. The Morgan fingerprint density at radius 1 is 0.871 bits per heavy atom. The largest absolute Gasteiger partial charge is 0.351 e. The predicted octanol–water partition coefficient (Wildman–Crippen LogP) is 1.89. The summed E-state index contributed by atoms with van der Waals surface area (Å²) in [6.07, 6.45) is 1.36. The van der Waals surface area contributed by atoms with Crippen LogP contribution >= 0.6 is 0 Å². The molecule has 2 aromatic carbocycles. The highest BCUT2D eigenvalue weighted by atomic mass is 16.2. The van der Waals surface area contributed by atoms with Crippen molar-refractivity contribution in [1.29, 1.82) is 0 Å². The minimum atomic E-state index is -0.0523. The quantitative estimate of drug-likeness (QED) is 0.775. The zero-order valence-corrected chi connectivity index (χ0v) is 17.6. The summed E-state index contributed by atoms with van der Waals surface area (Å²) in [6, 6.07) is 17.2. The molecule has 3 amide bonds. The van der Waals surface area contributed by atoms with Crippen molar-refractivity contribution in [1.82, 2.24) is 15.1 Å². The summed E-state index contributed by atoms with van der Waals surface area (Å²) in [5.74, 6) is 0.0107. The van der Waals surface area contributed by atoms with Gasteiger partial charge in [0.15, 0.2) is 0 Å². The van der Waals surface area contributed by atoms with Crippen LogP contribution in [0.1, 0.15) is 28.8 Å². The third-order valence-corrected chi connectivity index (χ3v) is 5.86. The fourth-order valence-corrected chi connectivity index (χ4v) is 4.13. The molecule has 2 aliphatic rings. The van der Waals surface area contributed by atoms with Crippen molar-refractivity contribution in [3.8, 4) is 0 Å². The molecule has 0 saturated carbocycles. The molecule has 162 valence electrons. The van der Waals surface area contributed by atoms with Crippen LogP contribution in [0.4, 0.5) is 5.69 Å². The summed E-state index contributed by atoms with van der Waals surface area (Å²) in [7, 11) is 0. The average Bonchev–Trinajstić information content (AvgIpc) is 3.24. The van der Waals surface area contributed by atoms with Gasteiger partial charge in [-0.25, -0.2) is 0 Å². The van der Waals surface area contributed by atoms with E-state index in [1.165, 1.54) is 0 Å². The minimum Gasteiger partial charge on any atom is -0.351 e. The molecule has 0 unspecified atom stereocenters. The Kier molecular flexibility index (Phi) is 6.62. The van der Waals surface area contributed by atoms with Crippen LogP contribution < -0.4 is 10.2 Å². The molecule has 7 nitrogen and oxygen atoms in total. The number of anilines is 1. The highest BCUT2D eigenvalue weighted by Crippen LogP contribution is 2.26. The molecule has 0 spiro atoms. The lowest BCUT2D eigenvalue weighted by molar-refractivity contribution is -0.122. The number of benzene rings is 2. The van der Waals surface area contributed by atoms with E-state index in [4.69, 9.17) is 0 Å². The Bertz CT molecular complexity index is 939. The molecule has 4 rings (SSSR count). The second-order valence-electron chi connectivity index (χ2n) is 8.00. The van der Waals surface area contributed by atoms with Gasteiger partial charge in [-0.1, -0.05) is 42.5 Å². The van der Waals surface area contributed by atoms with E-state index in [0.717, 1.165) is 12.0 Å². The Hall–Kier alpha value is -3.19. The Labute approximate surface area is 182 Å². The summed E-state index contributed by atoms with van der Waals surface area (Å²) in [6.45, 7) is 3.93. The summed E-state index contributed by atoms with van der Waals surface area (Å²) >= 11 is 0. The van der Waals surface area contributed by atoms with Gasteiger partial charge in [0.05, 0.1) is 17.8 Å². The predicted molar refractivity (Wildman–Crippen MR) is 119 cm³/mol. The molecule has 2 aromatic rings. The average molecular weight is 421 g/mol. The number of nitrogens with one attached hydrogen (secondary N) is 1. The van der Waals surface area contributed by atoms with Crippen LogP contribution in [0.5, 0.6) is 0 Å². The van der Waals surface area contributed by atoms with Gasteiger partial charge in [-0.2, -0.15) is 0 Å². The van der Waals surface area contributed by atoms with E-state index in [-0.39, 0.29) is 17.7 Å². The van der Waals surface area contributed by atoms with Gasteiger partial charge >= 0.3 is 0 Å². The zero-order valence-electron chi connectivity index (χ0n) is 17.6. The number of nitrogens with zero attached hydrogens (tertiary/aromatic N) is 3. The molecule has 0 bridgehead atoms. The molecule has 2 saturated heterocycles. The molecule has 0 aromatic heterocycles. The number of amides is 3. The van der Waals surface area contributed by atoms with Crippen LogP contribution in [0.3, 0.4) is 0 Å². The fraction of sp³-hybridized carbons (Fsp3) is 0.375. The first-order valence-electron chi connectivity index (χ1n) is 10.8. The normalized spacial score (nSPS) is 17.1. The molecule has 7 heteroatoms. The molecule has 0 radical (unpaired) electrons. The Morgan fingerprint density at radius 2 is 1.58 bits per heavy atom. The van der Waals surface area contributed by atoms with E-state index >= 15 is 0 Å². The van der Waals surface area contributed by atoms with Gasteiger partial charge in [0.2, 0.25) is 11.8 Å². The molecular weight excluding hydrogens is 392 g/mol. The van der Waals surface area contributed by atoms with Crippen LogP contribution in [0, 0.1) is 0 Å². The van der Waals surface area contributed by atoms with E-state index in [1.807, 2.05) is 53.4 Å². The number of para-hydroxylation sites is 1. The van der Waals surface area contributed by atoms with Gasteiger partial charge in [0.25, 0.3) is 5.91 Å². The lowest BCUT2D eigenvalue weighted by atomic mass is 10.1. The topological polar surface area (TPSA) is 73.0 Å². The lowest BCUT2D eigenvalue weighted by Gasteiger charge is -2.35. The first kappa shape index (κ1) is 21.1. The smallest absolute Gasteiger partial charge is 0.256 e. The van der Waals surface area contributed by atoms with Crippen molar-refractivity contribution < 1.29 is 14.4 Å². The van der Waals surface area contributed by atoms with E-state index < -0.39 is 0 Å². The van der Waals surface area contributed by atoms with Crippen LogP contribution in [0.15, 0.2) is 54.6 Å². The first-order chi connectivity index (χ1) is 15.1. The highest BCUT2D eigenvalue weighted by molar-refractivity contribution is 6.05. The van der Waals surface area contributed by atoms with Gasteiger partial charge < -0.3 is 15.1 Å². The number of carbonyl (C=O) groups excluding carboxylic acids is 3. The van der Waals surface area contributed by atoms with Crippen LogP contribution in [0.2, 0.25) is 0 Å². The van der Waals surface area contributed by atoms with Crippen molar-refractivity contribution in [2.75, 3.05) is 44.2 Å². The summed E-state index contributed by atoms with van der Waals surface area (Å²) in [5, 5.41) is 2.95. The van der Waals surface area contributed by atoms with Gasteiger partial charge in [-0.05, 0) is 24.1 Å². The fourth-order valence-electron chi connectivity index (χ4n) is 4.13. The summed E-state index contributed by atoms with van der Waals surface area (Å²) < 4.78 is 0. The summed E-state index contributed by atoms with van der Waals surface area (Å²) in [5.41, 5.74) is 2.35. The molecule has 1 N–H and O–H groups in total. The first-order valence-corrected chi connectivity index (χ1v) is 10.8. The molecule has 2 heterocycles. The van der Waals surface area contributed by atoms with Crippen LogP contribution in [-0.4, -0.2) is 66.8 Å². The highest BCUT2D eigenvalue weighted by Gasteiger charge is 2.29. The van der Waals surface area contributed by atoms with Crippen molar-refractivity contribution in [2.45, 2.75) is 19.4 Å². The number of carbonyl (C=O) groups is 3. The second-order valence-corrected chi connectivity index (χ2v) is 8.00. The van der Waals surface area contributed by atoms with Crippen LogP contribution in [-0.2, 0) is 16.1 Å². The standard InChI is InChI=1S/C24H28N4O3/c29-22(25-17-19-7-2-1-3-8-19)18-26-13-15-27(16-14-26)24(31)20-9-4-5-10-21(20)28-12-6-11-23(28)30/h1-5,7-10H,6,11-18H2,(H,25,29). The lowest BCUT2D eigenvalue weighted by Crippen LogP contribution is -2.51. The van der Waals surface area contributed by atoms with Gasteiger partial charge in [-0.15, -0.1) is 0 Å². The van der Waals surface area contributed by atoms with Crippen molar-refractivity contribution >= 4 is 23.4 Å². The van der Waals surface area contributed by atoms with Crippen LogP contribution in [0.25, 0.3) is 0 Å². The second kappa shape index (κ2) is 9.75. The number of hydrogen-bond acceptors (Lipinski definition) is 4. The maximum Gasteiger partial charge on any atom is 0.256 e.